The number of hydrogen-bond acceptors (Lipinski definition) is 6. The Morgan fingerprint density at radius 2 is 1.69 bits per heavy atom. The van der Waals surface area contributed by atoms with Crippen molar-refractivity contribution in [3.05, 3.63) is 54.1 Å². The summed E-state index contributed by atoms with van der Waals surface area (Å²) in [6, 6.07) is 13.0. The van der Waals surface area contributed by atoms with Crippen LogP contribution in [-0.2, 0) is 4.79 Å². The van der Waals surface area contributed by atoms with E-state index in [1.807, 2.05) is 0 Å². The van der Waals surface area contributed by atoms with E-state index in [9.17, 15) is 9.59 Å². The van der Waals surface area contributed by atoms with Crippen molar-refractivity contribution in [1.29, 1.82) is 0 Å². The molecule has 11 heteroatoms. The predicted octanol–water partition coefficient (Wildman–Crippen LogP) is 4.31. The summed E-state index contributed by atoms with van der Waals surface area (Å²) in [7, 11) is 1.56. The third-order valence-electron chi connectivity index (χ3n) is 3.66. The maximum atomic E-state index is 12.6. The molecule has 150 valence electrons. The van der Waals surface area contributed by atoms with Crippen LogP contribution in [-0.4, -0.2) is 32.9 Å². The number of amides is 2. The first-order chi connectivity index (χ1) is 13.8. The highest BCUT2D eigenvalue weighted by molar-refractivity contribution is 6.76. The van der Waals surface area contributed by atoms with Crippen LogP contribution in [0.15, 0.2) is 52.9 Å². The van der Waals surface area contributed by atoms with Gasteiger partial charge in [0, 0.05) is 5.56 Å². The smallest absolute Gasteiger partial charge is 0.322 e. The lowest BCUT2D eigenvalue weighted by molar-refractivity contribution is -0.115. The van der Waals surface area contributed by atoms with Gasteiger partial charge in [-0.05, 0) is 36.4 Å². The molecule has 0 unspecified atom stereocenters. The number of halogens is 3. The fourth-order valence-corrected chi connectivity index (χ4v) is 2.41. The number of benzene rings is 2. The van der Waals surface area contributed by atoms with E-state index in [4.69, 9.17) is 44.0 Å². The first kappa shape index (κ1) is 20.9. The number of methoxy groups -OCH3 is 1. The molecule has 0 aliphatic rings. The van der Waals surface area contributed by atoms with Crippen molar-refractivity contribution in [3.8, 4) is 17.2 Å². The van der Waals surface area contributed by atoms with Crippen molar-refractivity contribution >= 4 is 58.3 Å². The SMILES string of the molecule is COc1ccc(-c2nnc(NC(=O)c3ccccc3NC(=O)C(Cl)(Cl)Cl)o2)cc1. The lowest BCUT2D eigenvalue weighted by Gasteiger charge is -2.13. The lowest BCUT2D eigenvalue weighted by atomic mass is 10.1. The van der Waals surface area contributed by atoms with E-state index in [1.54, 1.807) is 43.5 Å². The molecule has 0 fully saturated rings. The molecule has 2 N–H and O–H groups in total. The van der Waals surface area contributed by atoms with Gasteiger partial charge in [-0.1, -0.05) is 52.0 Å². The zero-order chi connectivity index (χ0) is 21.0. The molecule has 0 saturated heterocycles. The third-order valence-corrected chi connectivity index (χ3v) is 4.17. The first-order valence-electron chi connectivity index (χ1n) is 8.04. The molecule has 3 aromatic rings. The highest BCUT2D eigenvalue weighted by Gasteiger charge is 2.31. The second kappa shape index (κ2) is 8.69. The summed E-state index contributed by atoms with van der Waals surface area (Å²) < 4.78 is 8.38. The van der Waals surface area contributed by atoms with Gasteiger partial charge in [-0.3, -0.25) is 14.9 Å². The molecule has 0 aliphatic carbocycles. The number of nitrogens with one attached hydrogen (secondary N) is 2. The minimum absolute atomic E-state index is 0.110. The normalized spacial score (nSPS) is 11.0. The molecule has 0 atom stereocenters. The Balaban J connectivity index is 1.76. The predicted molar refractivity (Wildman–Crippen MR) is 110 cm³/mol. The summed E-state index contributed by atoms with van der Waals surface area (Å²) >= 11 is 16.7. The van der Waals surface area contributed by atoms with Crippen LogP contribution in [0.3, 0.4) is 0 Å². The molecule has 0 bridgehead atoms. The van der Waals surface area contributed by atoms with E-state index in [1.165, 1.54) is 12.1 Å². The number of rotatable bonds is 5. The molecule has 0 radical (unpaired) electrons. The Morgan fingerprint density at radius 1 is 1.00 bits per heavy atom. The van der Waals surface area contributed by atoms with Crippen LogP contribution in [0.2, 0.25) is 0 Å². The second-order valence-electron chi connectivity index (χ2n) is 5.59. The second-order valence-corrected chi connectivity index (χ2v) is 7.87. The number of anilines is 2. The van der Waals surface area contributed by atoms with Crippen LogP contribution in [0.5, 0.6) is 5.75 Å². The van der Waals surface area contributed by atoms with Gasteiger partial charge in [-0.2, -0.15) is 0 Å². The zero-order valence-corrected chi connectivity index (χ0v) is 17.0. The Hall–Kier alpha value is -2.81. The van der Waals surface area contributed by atoms with Gasteiger partial charge >= 0.3 is 6.01 Å². The van der Waals surface area contributed by atoms with E-state index >= 15 is 0 Å². The number of nitrogens with zero attached hydrogens (tertiary/aromatic N) is 2. The number of hydrogen-bond donors (Lipinski definition) is 2. The quantitative estimate of drug-likeness (QED) is 0.555. The van der Waals surface area contributed by atoms with Gasteiger partial charge < -0.3 is 14.5 Å². The molecule has 0 aliphatic heterocycles. The summed E-state index contributed by atoms with van der Waals surface area (Å²) in [5.41, 5.74) is 0.907. The van der Waals surface area contributed by atoms with Gasteiger partial charge in [0.2, 0.25) is 5.89 Å². The van der Waals surface area contributed by atoms with Gasteiger partial charge in [0.25, 0.3) is 15.6 Å². The summed E-state index contributed by atoms with van der Waals surface area (Å²) in [4.78, 5) is 24.5. The third kappa shape index (κ3) is 5.17. The van der Waals surface area contributed by atoms with E-state index in [0.29, 0.717) is 11.3 Å². The summed E-state index contributed by atoms with van der Waals surface area (Å²) in [5, 5.41) is 12.6. The van der Waals surface area contributed by atoms with Crippen LogP contribution < -0.4 is 15.4 Å². The Kier molecular flexibility index (Phi) is 6.26. The minimum Gasteiger partial charge on any atom is -0.497 e. The van der Waals surface area contributed by atoms with Gasteiger partial charge in [-0.15, -0.1) is 5.10 Å². The van der Waals surface area contributed by atoms with Crippen molar-refractivity contribution in [3.63, 3.8) is 0 Å². The van der Waals surface area contributed by atoms with Crippen molar-refractivity contribution < 1.29 is 18.7 Å². The fourth-order valence-electron chi connectivity index (χ4n) is 2.27. The van der Waals surface area contributed by atoms with E-state index in [0.717, 1.165) is 0 Å². The maximum absolute atomic E-state index is 12.6. The maximum Gasteiger partial charge on any atom is 0.322 e. The van der Waals surface area contributed by atoms with E-state index < -0.39 is 15.6 Å². The molecule has 3 rings (SSSR count). The monoisotopic (exact) mass is 454 g/mol. The molecule has 8 nitrogen and oxygen atoms in total. The molecular weight excluding hydrogens is 443 g/mol. The number of ether oxygens (including phenoxy) is 1. The molecular formula is C18H13Cl3N4O4. The molecule has 1 heterocycles. The van der Waals surface area contributed by atoms with Crippen molar-refractivity contribution in [2.75, 3.05) is 17.7 Å². The van der Waals surface area contributed by atoms with Gasteiger partial charge in [-0.25, -0.2) is 0 Å². The van der Waals surface area contributed by atoms with Crippen LogP contribution in [0, 0.1) is 0 Å². The lowest BCUT2D eigenvalue weighted by Crippen LogP contribution is -2.28. The van der Waals surface area contributed by atoms with E-state index in [-0.39, 0.29) is 23.2 Å². The molecule has 2 amide bonds. The largest absolute Gasteiger partial charge is 0.497 e. The van der Waals surface area contributed by atoms with Gasteiger partial charge in [0.15, 0.2) is 0 Å². The summed E-state index contributed by atoms with van der Waals surface area (Å²) in [5.74, 6) is -0.617. The van der Waals surface area contributed by atoms with Gasteiger partial charge in [0.05, 0.1) is 18.4 Å². The standard InChI is InChI=1S/C18H13Cl3N4O4/c1-28-11-8-6-10(7-9-11)15-24-25-17(29-15)23-14(26)12-4-2-3-5-13(12)22-16(27)18(19,20)21/h2-9H,1H3,(H,22,27)(H,23,25,26). The highest BCUT2D eigenvalue weighted by Crippen LogP contribution is 2.29. The van der Waals surface area contributed by atoms with Gasteiger partial charge in [0.1, 0.15) is 5.75 Å². The Bertz CT molecular complexity index is 1030. The number of alkyl halides is 3. The number of aromatic nitrogens is 2. The van der Waals surface area contributed by atoms with E-state index in [2.05, 4.69) is 20.8 Å². The van der Waals surface area contributed by atoms with Crippen molar-refractivity contribution in [1.82, 2.24) is 10.2 Å². The molecule has 0 spiro atoms. The van der Waals surface area contributed by atoms with Crippen LogP contribution >= 0.6 is 34.8 Å². The Morgan fingerprint density at radius 3 is 2.34 bits per heavy atom. The number of carbonyl (C=O) groups is 2. The average molecular weight is 456 g/mol. The first-order valence-corrected chi connectivity index (χ1v) is 9.18. The number of para-hydroxylation sites is 1. The topological polar surface area (TPSA) is 106 Å². The van der Waals surface area contributed by atoms with Crippen LogP contribution in [0.25, 0.3) is 11.5 Å². The van der Waals surface area contributed by atoms with Crippen LogP contribution in [0.4, 0.5) is 11.7 Å². The summed E-state index contributed by atoms with van der Waals surface area (Å²) in [6.07, 6.45) is 0. The molecule has 0 saturated carbocycles. The van der Waals surface area contributed by atoms with Crippen molar-refractivity contribution in [2.45, 2.75) is 3.79 Å². The zero-order valence-electron chi connectivity index (χ0n) is 14.8. The van der Waals surface area contributed by atoms with Crippen LogP contribution in [0.1, 0.15) is 10.4 Å². The number of carbonyl (C=O) groups excluding carboxylic acids is 2. The fraction of sp³-hybridized carbons (Fsp3) is 0.111. The average Bonchev–Trinajstić information content (AvgIpc) is 3.16. The minimum atomic E-state index is -2.18. The molecule has 29 heavy (non-hydrogen) atoms. The molecule has 2 aromatic carbocycles. The molecule has 1 aromatic heterocycles. The van der Waals surface area contributed by atoms with Crippen molar-refractivity contribution in [2.24, 2.45) is 0 Å². The summed E-state index contributed by atoms with van der Waals surface area (Å²) in [6.45, 7) is 0. The highest BCUT2D eigenvalue weighted by atomic mass is 35.6. The Labute approximate surface area is 180 Å².